The first-order chi connectivity index (χ1) is 12.6. The van der Waals surface area contributed by atoms with Gasteiger partial charge in [0.25, 0.3) is 0 Å². The fourth-order valence-corrected chi connectivity index (χ4v) is 4.85. The van der Waals surface area contributed by atoms with E-state index >= 15 is 0 Å². The van der Waals surface area contributed by atoms with Gasteiger partial charge in [-0.3, -0.25) is 5.43 Å². The topological polar surface area (TPSA) is 63.3 Å². The fraction of sp³-hybridized carbons (Fsp3) is 0.450. The monoisotopic (exact) mass is 368 g/mol. The number of anilines is 1. The molecule has 0 amide bonds. The first-order valence-electron chi connectivity index (χ1n) is 9.16. The molecule has 5 nitrogen and oxygen atoms in total. The first kappa shape index (κ1) is 17.2. The lowest BCUT2D eigenvalue weighted by atomic mass is 9.69. The number of aryl methyl sites for hydroxylation is 1. The van der Waals surface area contributed by atoms with E-state index in [2.05, 4.69) is 41.3 Å². The maximum absolute atomic E-state index is 5.28. The maximum atomic E-state index is 5.28. The summed E-state index contributed by atoms with van der Waals surface area (Å²) in [5.41, 5.74) is 4.86. The number of thiophene rings is 1. The molecule has 0 radical (unpaired) electrons. The van der Waals surface area contributed by atoms with E-state index in [-0.39, 0.29) is 0 Å². The minimum absolute atomic E-state index is 0.354. The number of fused-ring (bicyclic) bond motifs is 3. The second-order valence-electron chi connectivity index (χ2n) is 7.57. The average Bonchev–Trinajstić information content (AvgIpc) is 3.28. The van der Waals surface area contributed by atoms with Crippen LogP contribution in [0.2, 0.25) is 0 Å². The Morgan fingerprint density at radius 2 is 2.31 bits per heavy atom. The van der Waals surface area contributed by atoms with Gasteiger partial charge >= 0.3 is 0 Å². The van der Waals surface area contributed by atoms with Crippen LogP contribution in [-0.2, 0) is 12.8 Å². The van der Waals surface area contributed by atoms with Crippen LogP contribution < -0.4 is 5.43 Å². The number of nitrogens with zero attached hydrogens (tertiary/aromatic N) is 3. The van der Waals surface area contributed by atoms with Crippen LogP contribution in [0, 0.1) is 11.3 Å². The summed E-state index contributed by atoms with van der Waals surface area (Å²) in [7, 11) is 0. The minimum atomic E-state index is 0.354. The Balaban J connectivity index is 1.67. The van der Waals surface area contributed by atoms with Crippen molar-refractivity contribution in [3.8, 4) is 0 Å². The van der Waals surface area contributed by atoms with Gasteiger partial charge in [0.1, 0.15) is 16.9 Å². The Kier molecular flexibility index (Phi) is 4.53. The van der Waals surface area contributed by atoms with Crippen LogP contribution >= 0.6 is 11.3 Å². The van der Waals surface area contributed by atoms with E-state index in [4.69, 9.17) is 4.42 Å². The highest BCUT2D eigenvalue weighted by Crippen LogP contribution is 2.45. The lowest BCUT2D eigenvalue weighted by Crippen LogP contribution is -2.28. The summed E-state index contributed by atoms with van der Waals surface area (Å²) in [5, 5.41) is 5.43. The van der Waals surface area contributed by atoms with Crippen molar-refractivity contribution >= 4 is 33.6 Å². The molecular weight excluding hydrogens is 344 g/mol. The molecule has 0 unspecified atom stereocenters. The molecule has 0 fully saturated rings. The van der Waals surface area contributed by atoms with E-state index in [1.165, 1.54) is 23.3 Å². The van der Waals surface area contributed by atoms with Crippen LogP contribution in [0.5, 0.6) is 0 Å². The van der Waals surface area contributed by atoms with Gasteiger partial charge < -0.3 is 4.42 Å². The average molecular weight is 369 g/mol. The molecule has 0 aromatic carbocycles. The second kappa shape index (κ2) is 6.83. The van der Waals surface area contributed by atoms with Gasteiger partial charge in [0.2, 0.25) is 0 Å². The Morgan fingerprint density at radius 3 is 3.08 bits per heavy atom. The highest BCUT2D eigenvalue weighted by molar-refractivity contribution is 7.19. The van der Waals surface area contributed by atoms with Crippen molar-refractivity contribution in [3.63, 3.8) is 0 Å². The molecule has 1 aliphatic carbocycles. The Bertz CT molecular complexity index is 927. The van der Waals surface area contributed by atoms with Crippen molar-refractivity contribution in [2.24, 2.45) is 16.4 Å². The van der Waals surface area contributed by atoms with Crippen LogP contribution in [-0.4, -0.2) is 16.2 Å². The molecule has 0 saturated carbocycles. The van der Waals surface area contributed by atoms with E-state index in [0.717, 1.165) is 28.9 Å². The molecule has 1 atom stereocenters. The predicted molar refractivity (Wildman–Crippen MR) is 107 cm³/mol. The Hall–Kier alpha value is -2.21. The molecule has 4 rings (SSSR count). The predicted octanol–water partition coefficient (Wildman–Crippen LogP) is 5.27. The zero-order valence-corrected chi connectivity index (χ0v) is 16.3. The summed E-state index contributed by atoms with van der Waals surface area (Å²) in [6.45, 7) is 7.07. The molecule has 3 aromatic rings. The van der Waals surface area contributed by atoms with Crippen LogP contribution in [0.3, 0.4) is 0 Å². The van der Waals surface area contributed by atoms with Crippen molar-refractivity contribution in [1.29, 1.82) is 0 Å². The van der Waals surface area contributed by atoms with E-state index in [1.807, 2.05) is 12.1 Å². The molecule has 0 saturated heterocycles. The van der Waals surface area contributed by atoms with E-state index in [0.29, 0.717) is 17.1 Å². The van der Waals surface area contributed by atoms with Gasteiger partial charge in [-0.2, -0.15) is 5.10 Å². The summed E-state index contributed by atoms with van der Waals surface area (Å²) in [5.74, 6) is 2.18. The summed E-state index contributed by atoms with van der Waals surface area (Å²) >= 11 is 1.80. The molecule has 26 heavy (non-hydrogen) atoms. The molecule has 0 spiro atoms. The Labute approximate surface area is 157 Å². The van der Waals surface area contributed by atoms with Gasteiger partial charge in [-0.1, -0.05) is 27.2 Å². The molecule has 0 bridgehead atoms. The fourth-order valence-electron chi connectivity index (χ4n) is 3.67. The number of rotatable bonds is 5. The van der Waals surface area contributed by atoms with Gasteiger partial charge in [-0.05, 0) is 48.3 Å². The first-order valence-corrected chi connectivity index (χ1v) is 9.98. The molecular formula is C20H24N4OS. The van der Waals surface area contributed by atoms with Crippen LogP contribution in [0.4, 0.5) is 5.82 Å². The van der Waals surface area contributed by atoms with E-state index in [9.17, 15) is 0 Å². The van der Waals surface area contributed by atoms with Gasteiger partial charge in [0, 0.05) is 4.88 Å². The van der Waals surface area contributed by atoms with Crippen molar-refractivity contribution in [3.05, 3.63) is 40.9 Å². The van der Waals surface area contributed by atoms with Crippen LogP contribution in [0.15, 0.2) is 34.2 Å². The molecule has 3 aromatic heterocycles. The van der Waals surface area contributed by atoms with Crippen molar-refractivity contribution < 1.29 is 4.42 Å². The third kappa shape index (κ3) is 3.14. The highest BCUT2D eigenvalue weighted by Gasteiger charge is 2.33. The molecule has 6 heteroatoms. The van der Waals surface area contributed by atoms with Crippen molar-refractivity contribution in [2.45, 2.75) is 46.5 Å². The van der Waals surface area contributed by atoms with E-state index in [1.54, 1.807) is 30.1 Å². The lowest BCUT2D eigenvalue weighted by Gasteiger charge is -2.36. The molecule has 1 aliphatic rings. The van der Waals surface area contributed by atoms with Gasteiger partial charge in [-0.25, -0.2) is 9.97 Å². The third-order valence-corrected chi connectivity index (χ3v) is 6.96. The molecule has 1 N–H and O–H groups in total. The number of furan rings is 1. The molecule has 3 heterocycles. The summed E-state index contributed by atoms with van der Waals surface area (Å²) in [4.78, 5) is 11.5. The molecule has 136 valence electrons. The Morgan fingerprint density at radius 1 is 1.42 bits per heavy atom. The SMILES string of the molecule is CCC(C)(C)[C@H]1CCc2sc3ncnc(N/N=C\c4ccco4)c3c2C1. The summed E-state index contributed by atoms with van der Waals surface area (Å²) in [6, 6.07) is 3.71. The van der Waals surface area contributed by atoms with Gasteiger partial charge in [-0.15, -0.1) is 11.3 Å². The number of hydrogen-bond acceptors (Lipinski definition) is 6. The zero-order valence-electron chi connectivity index (χ0n) is 15.5. The normalized spacial score (nSPS) is 17.7. The molecule has 0 aliphatic heterocycles. The third-order valence-electron chi connectivity index (χ3n) is 5.76. The lowest BCUT2D eigenvalue weighted by molar-refractivity contribution is 0.184. The number of nitrogens with one attached hydrogen (secondary N) is 1. The standard InChI is InChI=1S/C20H24N4OS/c1-4-20(2,3)13-7-8-16-15(10-13)17-18(21-12-22-19(17)26-16)24-23-11-14-6-5-9-25-14/h5-6,9,11-13H,4,7-8,10H2,1-3H3,(H,21,22,24)/b23-11-/t13-/m0/s1. The second-order valence-corrected chi connectivity index (χ2v) is 8.66. The largest absolute Gasteiger partial charge is 0.463 e. The van der Waals surface area contributed by atoms with Crippen LogP contribution in [0.1, 0.15) is 49.8 Å². The number of hydrazone groups is 1. The summed E-state index contributed by atoms with van der Waals surface area (Å²) < 4.78 is 5.28. The highest BCUT2D eigenvalue weighted by atomic mass is 32.1. The van der Waals surface area contributed by atoms with Crippen molar-refractivity contribution in [2.75, 3.05) is 5.43 Å². The minimum Gasteiger partial charge on any atom is -0.463 e. The zero-order chi connectivity index (χ0) is 18.1. The van der Waals surface area contributed by atoms with Gasteiger partial charge in [0.15, 0.2) is 5.82 Å². The summed E-state index contributed by atoms with van der Waals surface area (Å²) in [6.07, 6.45) is 9.60. The van der Waals surface area contributed by atoms with Crippen molar-refractivity contribution in [1.82, 2.24) is 9.97 Å². The van der Waals surface area contributed by atoms with Crippen LogP contribution in [0.25, 0.3) is 10.2 Å². The van der Waals surface area contributed by atoms with E-state index < -0.39 is 0 Å². The smallest absolute Gasteiger partial charge is 0.158 e. The number of hydrogen-bond donors (Lipinski definition) is 1. The maximum Gasteiger partial charge on any atom is 0.158 e. The van der Waals surface area contributed by atoms with Gasteiger partial charge in [0.05, 0.1) is 17.9 Å². The quantitative estimate of drug-likeness (QED) is 0.492. The number of aromatic nitrogens is 2.